The van der Waals surface area contributed by atoms with Crippen LogP contribution in [0.25, 0.3) is 0 Å². The van der Waals surface area contributed by atoms with Crippen molar-refractivity contribution in [2.75, 3.05) is 10.6 Å². The number of anilines is 2. The van der Waals surface area contributed by atoms with Gasteiger partial charge < -0.3 is 15.4 Å². The van der Waals surface area contributed by atoms with E-state index in [-0.39, 0.29) is 11.8 Å². The van der Waals surface area contributed by atoms with Crippen LogP contribution in [0.2, 0.25) is 0 Å². The third-order valence-corrected chi connectivity index (χ3v) is 3.80. The molecule has 0 aliphatic heterocycles. The average molecular weight is 360 g/mol. The van der Waals surface area contributed by atoms with Crippen molar-refractivity contribution >= 4 is 23.2 Å². The number of amides is 2. The Bertz CT molecular complexity index is 948. The Kier molecular flexibility index (Phi) is 5.52. The quantitative estimate of drug-likeness (QED) is 0.673. The first-order valence-electron chi connectivity index (χ1n) is 8.53. The maximum atomic E-state index is 12.3. The number of ether oxygens (including phenoxy) is 1. The van der Waals surface area contributed by atoms with Gasteiger partial charge in [-0.2, -0.15) is 0 Å². The van der Waals surface area contributed by atoms with Gasteiger partial charge in [0.05, 0.1) is 0 Å². The molecule has 0 saturated carbocycles. The van der Waals surface area contributed by atoms with Crippen LogP contribution in [0.1, 0.15) is 22.8 Å². The van der Waals surface area contributed by atoms with E-state index in [4.69, 9.17) is 4.74 Å². The standard InChI is InChI=1S/C22H20N2O3/c1-15-4-3-5-21(14-15)27-20-12-10-19(11-13-20)24-22(26)17-6-8-18(9-7-17)23-16(2)25/h3-14H,1-2H3,(H,23,25)(H,24,26). The lowest BCUT2D eigenvalue weighted by Gasteiger charge is -2.09. The molecule has 5 nitrogen and oxygen atoms in total. The normalized spacial score (nSPS) is 10.1. The van der Waals surface area contributed by atoms with Gasteiger partial charge in [-0.25, -0.2) is 0 Å². The van der Waals surface area contributed by atoms with E-state index in [2.05, 4.69) is 10.6 Å². The van der Waals surface area contributed by atoms with E-state index in [1.165, 1.54) is 6.92 Å². The number of rotatable bonds is 5. The molecule has 3 aromatic carbocycles. The highest BCUT2D eigenvalue weighted by molar-refractivity contribution is 6.04. The van der Waals surface area contributed by atoms with E-state index in [0.29, 0.717) is 22.7 Å². The molecule has 0 aromatic heterocycles. The van der Waals surface area contributed by atoms with Crippen molar-refractivity contribution in [1.82, 2.24) is 0 Å². The zero-order chi connectivity index (χ0) is 19.2. The zero-order valence-corrected chi connectivity index (χ0v) is 15.2. The molecule has 3 aromatic rings. The zero-order valence-electron chi connectivity index (χ0n) is 15.2. The number of hydrogen-bond donors (Lipinski definition) is 2. The Morgan fingerprint density at radius 1 is 0.778 bits per heavy atom. The first-order valence-corrected chi connectivity index (χ1v) is 8.53. The Morgan fingerprint density at radius 3 is 2.04 bits per heavy atom. The molecule has 0 radical (unpaired) electrons. The number of hydrogen-bond acceptors (Lipinski definition) is 3. The minimum atomic E-state index is -0.225. The first-order chi connectivity index (χ1) is 13.0. The molecule has 0 aliphatic rings. The maximum absolute atomic E-state index is 12.3. The molecule has 2 amide bonds. The van der Waals surface area contributed by atoms with Crippen molar-refractivity contribution in [1.29, 1.82) is 0 Å². The van der Waals surface area contributed by atoms with Gasteiger partial charge in [0.1, 0.15) is 11.5 Å². The lowest BCUT2D eigenvalue weighted by molar-refractivity contribution is -0.114. The molecule has 0 atom stereocenters. The van der Waals surface area contributed by atoms with Crippen LogP contribution in [-0.2, 0) is 4.79 Å². The van der Waals surface area contributed by atoms with Gasteiger partial charge in [-0.05, 0) is 73.2 Å². The highest BCUT2D eigenvalue weighted by atomic mass is 16.5. The van der Waals surface area contributed by atoms with Crippen molar-refractivity contribution in [3.63, 3.8) is 0 Å². The monoisotopic (exact) mass is 360 g/mol. The summed E-state index contributed by atoms with van der Waals surface area (Å²) in [7, 11) is 0. The number of carbonyl (C=O) groups is 2. The molecular weight excluding hydrogens is 340 g/mol. The molecule has 136 valence electrons. The number of benzene rings is 3. The average Bonchev–Trinajstić information content (AvgIpc) is 2.63. The van der Waals surface area contributed by atoms with Gasteiger partial charge in [0, 0.05) is 23.9 Å². The van der Waals surface area contributed by atoms with Crippen LogP contribution < -0.4 is 15.4 Å². The molecular formula is C22H20N2O3. The van der Waals surface area contributed by atoms with Gasteiger partial charge in [-0.3, -0.25) is 9.59 Å². The van der Waals surface area contributed by atoms with Crippen LogP contribution in [0.4, 0.5) is 11.4 Å². The lowest BCUT2D eigenvalue weighted by Crippen LogP contribution is -2.12. The van der Waals surface area contributed by atoms with E-state index in [1.54, 1.807) is 48.5 Å². The van der Waals surface area contributed by atoms with Crippen molar-refractivity contribution in [2.45, 2.75) is 13.8 Å². The van der Waals surface area contributed by atoms with Crippen molar-refractivity contribution in [2.24, 2.45) is 0 Å². The molecule has 0 unspecified atom stereocenters. The summed E-state index contributed by atoms with van der Waals surface area (Å²) in [5, 5.41) is 5.50. The van der Waals surface area contributed by atoms with Crippen molar-refractivity contribution in [3.8, 4) is 11.5 Å². The minimum absolute atomic E-state index is 0.153. The van der Waals surface area contributed by atoms with E-state index in [0.717, 1.165) is 11.3 Å². The smallest absolute Gasteiger partial charge is 0.255 e. The summed E-state index contributed by atoms with van der Waals surface area (Å²) in [6.45, 7) is 3.45. The van der Waals surface area contributed by atoms with E-state index in [1.807, 2.05) is 31.2 Å². The van der Waals surface area contributed by atoms with Gasteiger partial charge in [0.2, 0.25) is 5.91 Å². The second-order valence-corrected chi connectivity index (χ2v) is 6.16. The fourth-order valence-corrected chi connectivity index (χ4v) is 2.53. The summed E-state index contributed by atoms with van der Waals surface area (Å²) in [4.78, 5) is 23.4. The third-order valence-electron chi connectivity index (χ3n) is 3.80. The molecule has 0 spiro atoms. The van der Waals surface area contributed by atoms with Crippen LogP contribution in [0.5, 0.6) is 11.5 Å². The number of nitrogens with one attached hydrogen (secondary N) is 2. The van der Waals surface area contributed by atoms with Crippen LogP contribution in [0.15, 0.2) is 72.8 Å². The highest BCUT2D eigenvalue weighted by Gasteiger charge is 2.07. The van der Waals surface area contributed by atoms with Gasteiger partial charge in [-0.1, -0.05) is 12.1 Å². The molecule has 0 bridgehead atoms. The van der Waals surface area contributed by atoms with Gasteiger partial charge in [-0.15, -0.1) is 0 Å². The van der Waals surface area contributed by atoms with E-state index >= 15 is 0 Å². The van der Waals surface area contributed by atoms with Gasteiger partial charge >= 0.3 is 0 Å². The van der Waals surface area contributed by atoms with Crippen LogP contribution >= 0.6 is 0 Å². The Labute approximate surface area is 158 Å². The largest absolute Gasteiger partial charge is 0.457 e. The number of aryl methyl sites for hydroxylation is 1. The topological polar surface area (TPSA) is 67.4 Å². The fourth-order valence-electron chi connectivity index (χ4n) is 2.53. The van der Waals surface area contributed by atoms with E-state index in [9.17, 15) is 9.59 Å². The summed E-state index contributed by atoms with van der Waals surface area (Å²) in [5.41, 5.74) is 2.95. The molecule has 0 fully saturated rings. The summed E-state index contributed by atoms with van der Waals surface area (Å²) in [5.74, 6) is 1.08. The highest BCUT2D eigenvalue weighted by Crippen LogP contribution is 2.24. The van der Waals surface area contributed by atoms with Gasteiger partial charge in [0.15, 0.2) is 0 Å². The molecule has 27 heavy (non-hydrogen) atoms. The molecule has 0 saturated heterocycles. The Hall–Kier alpha value is -3.60. The van der Waals surface area contributed by atoms with Crippen LogP contribution in [0, 0.1) is 6.92 Å². The van der Waals surface area contributed by atoms with E-state index < -0.39 is 0 Å². The van der Waals surface area contributed by atoms with Gasteiger partial charge in [0.25, 0.3) is 5.91 Å². The number of carbonyl (C=O) groups excluding carboxylic acids is 2. The first kappa shape index (κ1) is 18.2. The molecule has 3 rings (SSSR count). The summed E-state index contributed by atoms with van der Waals surface area (Å²) in [6.07, 6.45) is 0. The fraction of sp³-hybridized carbons (Fsp3) is 0.0909. The lowest BCUT2D eigenvalue weighted by atomic mass is 10.2. The summed E-state index contributed by atoms with van der Waals surface area (Å²) < 4.78 is 5.80. The molecule has 0 aliphatic carbocycles. The molecule has 2 N–H and O–H groups in total. The predicted molar refractivity (Wildman–Crippen MR) is 106 cm³/mol. The van der Waals surface area contributed by atoms with Crippen LogP contribution in [0.3, 0.4) is 0 Å². The minimum Gasteiger partial charge on any atom is -0.457 e. The second kappa shape index (κ2) is 8.19. The van der Waals surface area contributed by atoms with Crippen LogP contribution in [-0.4, -0.2) is 11.8 Å². The maximum Gasteiger partial charge on any atom is 0.255 e. The summed E-state index contributed by atoms with van der Waals surface area (Å²) in [6, 6.07) is 21.7. The SMILES string of the molecule is CC(=O)Nc1ccc(C(=O)Nc2ccc(Oc3cccc(C)c3)cc2)cc1. The van der Waals surface area contributed by atoms with Crippen molar-refractivity contribution in [3.05, 3.63) is 83.9 Å². The molecule has 5 heteroatoms. The third kappa shape index (κ3) is 5.19. The Morgan fingerprint density at radius 2 is 1.41 bits per heavy atom. The second-order valence-electron chi connectivity index (χ2n) is 6.16. The predicted octanol–water partition coefficient (Wildman–Crippen LogP) is 5.00. The molecule has 0 heterocycles. The Balaban J connectivity index is 1.62. The van der Waals surface area contributed by atoms with Crippen molar-refractivity contribution < 1.29 is 14.3 Å². The summed E-state index contributed by atoms with van der Waals surface area (Å²) >= 11 is 0.